The van der Waals surface area contributed by atoms with Gasteiger partial charge in [0.15, 0.2) is 0 Å². The summed E-state index contributed by atoms with van der Waals surface area (Å²) in [5, 5.41) is 6.29. The third-order valence-electron chi connectivity index (χ3n) is 5.58. The number of thiophene rings is 1. The van der Waals surface area contributed by atoms with Crippen molar-refractivity contribution < 1.29 is 9.59 Å². The molecule has 2 N–H and O–H groups in total. The van der Waals surface area contributed by atoms with Gasteiger partial charge >= 0.3 is 0 Å². The molecule has 1 heterocycles. The van der Waals surface area contributed by atoms with Gasteiger partial charge in [-0.05, 0) is 49.8 Å². The first kappa shape index (κ1) is 18.5. The molecule has 2 saturated carbocycles. The summed E-state index contributed by atoms with van der Waals surface area (Å²) in [5.74, 6) is 0.631. The first-order chi connectivity index (χ1) is 13.1. The van der Waals surface area contributed by atoms with Crippen molar-refractivity contribution in [3.8, 4) is 0 Å². The lowest BCUT2D eigenvalue weighted by Gasteiger charge is -2.28. The van der Waals surface area contributed by atoms with Crippen molar-refractivity contribution in [3.05, 3.63) is 57.2 Å². The lowest BCUT2D eigenvalue weighted by Crippen LogP contribution is -2.41. The van der Waals surface area contributed by atoms with Crippen LogP contribution in [0.4, 0.5) is 0 Å². The van der Waals surface area contributed by atoms with E-state index in [1.807, 2.05) is 18.2 Å². The number of carbonyl (C=O) groups excluding carboxylic acids is 2. The van der Waals surface area contributed by atoms with Gasteiger partial charge in [0, 0.05) is 23.9 Å². The minimum Gasteiger partial charge on any atom is -0.352 e. The molecule has 4 nitrogen and oxygen atoms in total. The molecular formula is C21H23ClN2O2S. The van der Waals surface area contributed by atoms with Crippen molar-refractivity contribution in [1.29, 1.82) is 0 Å². The van der Waals surface area contributed by atoms with Gasteiger partial charge in [-0.3, -0.25) is 9.59 Å². The van der Waals surface area contributed by atoms with Crippen LogP contribution in [-0.4, -0.2) is 23.9 Å². The first-order valence-corrected chi connectivity index (χ1v) is 10.7. The van der Waals surface area contributed by atoms with Gasteiger partial charge in [0.05, 0.1) is 9.21 Å². The number of benzene rings is 1. The van der Waals surface area contributed by atoms with Gasteiger partial charge < -0.3 is 10.6 Å². The highest BCUT2D eigenvalue weighted by atomic mass is 35.5. The van der Waals surface area contributed by atoms with Gasteiger partial charge in [0.2, 0.25) is 5.91 Å². The molecule has 142 valence electrons. The number of amides is 2. The van der Waals surface area contributed by atoms with E-state index in [4.69, 9.17) is 11.6 Å². The summed E-state index contributed by atoms with van der Waals surface area (Å²) in [7, 11) is 0. The van der Waals surface area contributed by atoms with Crippen LogP contribution >= 0.6 is 22.9 Å². The Hall–Kier alpha value is -1.85. The Labute approximate surface area is 168 Å². The van der Waals surface area contributed by atoms with E-state index in [9.17, 15) is 9.59 Å². The molecule has 1 aromatic carbocycles. The summed E-state index contributed by atoms with van der Waals surface area (Å²) in [5.41, 5.74) is 1.31. The molecule has 2 fully saturated rings. The molecule has 2 aliphatic rings. The Bertz CT molecular complexity index is 815. The Morgan fingerprint density at radius 1 is 0.963 bits per heavy atom. The van der Waals surface area contributed by atoms with E-state index in [1.54, 1.807) is 12.1 Å². The highest BCUT2D eigenvalue weighted by Crippen LogP contribution is 2.41. The molecule has 0 aliphatic heterocycles. The van der Waals surface area contributed by atoms with Crippen LogP contribution in [0.1, 0.15) is 53.3 Å². The maximum atomic E-state index is 12.6. The largest absolute Gasteiger partial charge is 0.352 e. The normalized spacial score (nSPS) is 27.0. The highest BCUT2D eigenvalue weighted by Gasteiger charge is 2.40. The molecule has 4 rings (SSSR count). The number of rotatable bonds is 5. The summed E-state index contributed by atoms with van der Waals surface area (Å²) in [6.45, 7) is 0. The second-order valence-electron chi connectivity index (χ2n) is 7.49. The zero-order valence-corrected chi connectivity index (χ0v) is 16.6. The molecule has 27 heavy (non-hydrogen) atoms. The average Bonchev–Trinajstić information content (AvgIpc) is 3.31. The Balaban J connectivity index is 1.21. The highest BCUT2D eigenvalue weighted by molar-refractivity contribution is 7.18. The molecule has 2 atom stereocenters. The molecule has 1 aromatic heterocycles. The van der Waals surface area contributed by atoms with Crippen molar-refractivity contribution in [2.24, 2.45) is 5.92 Å². The second kappa shape index (κ2) is 8.03. The predicted octanol–water partition coefficient (Wildman–Crippen LogP) is 4.36. The molecule has 0 radical (unpaired) electrons. The van der Waals surface area contributed by atoms with Crippen LogP contribution in [0.2, 0.25) is 4.34 Å². The van der Waals surface area contributed by atoms with Crippen molar-refractivity contribution in [2.75, 3.05) is 0 Å². The van der Waals surface area contributed by atoms with Crippen LogP contribution in [0.25, 0.3) is 0 Å². The summed E-state index contributed by atoms with van der Waals surface area (Å²) < 4.78 is 0.620. The Morgan fingerprint density at radius 3 is 2.37 bits per heavy atom. The van der Waals surface area contributed by atoms with Crippen molar-refractivity contribution in [1.82, 2.24) is 10.6 Å². The van der Waals surface area contributed by atoms with E-state index in [-0.39, 0.29) is 29.8 Å². The summed E-state index contributed by atoms with van der Waals surface area (Å²) >= 11 is 7.18. The fourth-order valence-corrected chi connectivity index (χ4v) is 4.86. The standard InChI is InChI=1S/C21H23ClN2O2S/c22-19-11-10-18(27-19)21(26)23-15-8-6-14(7-9-15)20(25)24-17-12-16(17)13-4-2-1-3-5-13/h1-5,10-11,14-17H,6-9,12H2,(H,23,26)(H,24,25)/t14?,15?,16-,17+/m0/s1. The average molecular weight is 403 g/mol. The fourth-order valence-electron chi connectivity index (χ4n) is 3.92. The number of carbonyl (C=O) groups is 2. The van der Waals surface area contributed by atoms with E-state index in [0.717, 1.165) is 32.1 Å². The van der Waals surface area contributed by atoms with Crippen LogP contribution in [0.3, 0.4) is 0 Å². The molecule has 0 spiro atoms. The van der Waals surface area contributed by atoms with Crippen LogP contribution in [0, 0.1) is 5.92 Å². The molecule has 2 aromatic rings. The third kappa shape index (κ3) is 4.53. The molecule has 2 amide bonds. The second-order valence-corrected chi connectivity index (χ2v) is 9.21. The first-order valence-electron chi connectivity index (χ1n) is 9.51. The van der Waals surface area contributed by atoms with Crippen molar-refractivity contribution in [3.63, 3.8) is 0 Å². The van der Waals surface area contributed by atoms with Crippen LogP contribution in [0.15, 0.2) is 42.5 Å². The zero-order valence-electron chi connectivity index (χ0n) is 15.0. The smallest absolute Gasteiger partial charge is 0.261 e. The maximum Gasteiger partial charge on any atom is 0.261 e. The van der Waals surface area contributed by atoms with Gasteiger partial charge in [-0.2, -0.15) is 0 Å². The topological polar surface area (TPSA) is 58.2 Å². The predicted molar refractivity (Wildman–Crippen MR) is 108 cm³/mol. The number of nitrogens with one attached hydrogen (secondary N) is 2. The van der Waals surface area contributed by atoms with Crippen LogP contribution in [-0.2, 0) is 4.79 Å². The summed E-state index contributed by atoms with van der Waals surface area (Å²) in [6, 6.07) is 14.3. The van der Waals surface area contributed by atoms with Crippen LogP contribution in [0.5, 0.6) is 0 Å². The van der Waals surface area contributed by atoms with Crippen molar-refractivity contribution in [2.45, 2.75) is 50.1 Å². The molecule has 0 bridgehead atoms. The minimum absolute atomic E-state index is 0.0614. The summed E-state index contributed by atoms with van der Waals surface area (Å²) in [6.07, 6.45) is 4.37. The SMILES string of the molecule is O=C(NC1CCC(C(=O)N[C@@H]2C[C@H]2c2ccccc2)CC1)c1ccc(Cl)s1. The third-order valence-corrected chi connectivity index (χ3v) is 6.81. The van der Waals surface area contributed by atoms with Gasteiger partial charge in [-0.15, -0.1) is 11.3 Å². The van der Waals surface area contributed by atoms with Crippen LogP contribution < -0.4 is 10.6 Å². The van der Waals surface area contributed by atoms with E-state index < -0.39 is 0 Å². The van der Waals surface area contributed by atoms with E-state index in [0.29, 0.717) is 15.1 Å². The van der Waals surface area contributed by atoms with E-state index >= 15 is 0 Å². The number of hydrogen-bond donors (Lipinski definition) is 2. The fraction of sp³-hybridized carbons (Fsp3) is 0.429. The van der Waals surface area contributed by atoms with Gasteiger partial charge in [-0.25, -0.2) is 0 Å². The zero-order chi connectivity index (χ0) is 18.8. The van der Waals surface area contributed by atoms with Gasteiger partial charge in [-0.1, -0.05) is 41.9 Å². The monoisotopic (exact) mass is 402 g/mol. The Morgan fingerprint density at radius 2 is 1.70 bits per heavy atom. The quantitative estimate of drug-likeness (QED) is 0.780. The number of halogens is 1. The molecule has 0 unspecified atom stereocenters. The molecule has 2 aliphatic carbocycles. The van der Waals surface area contributed by atoms with Gasteiger partial charge in [0.1, 0.15) is 0 Å². The minimum atomic E-state index is -0.0662. The van der Waals surface area contributed by atoms with E-state index in [1.165, 1.54) is 16.9 Å². The molecule has 6 heteroatoms. The van der Waals surface area contributed by atoms with Crippen molar-refractivity contribution >= 4 is 34.8 Å². The lowest BCUT2D eigenvalue weighted by molar-refractivity contribution is -0.126. The van der Waals surface area contributed by atoms with Gasteiger partial charge in [0.25, 0.3) is 5.91 Å². The summed E-state index contributed by atoms with van der Waals surface area (Å²) in [4.78, 5) is 25.4. The maximum absolute atomic E-state index is 12.6. The number of hydrogen-bond acceptors (Lipinski definition) is 3. The lowest BCUT2D eigenvalue weighted by atomic mass is 9.85. The molecule has 0 saturated heterocycles. The molecular weight excluding hydrogens is 380 g/mol. The van der Waals surface area contributed by atoms with E-state index in [2.05, 4.69) is 22.8 Å². The Kier molecular flexibility index (Phi) is 5.50.